The van der Waals surface area contributed by atoms with Crippen molar-refractivity contribution in [3.63, 3.8) is 0 Å². The molecule has 1 aromatic carbocycles. The van der Waals surface area contributed by atoms with E-state index in [1.165, 1.54) is 11.6 Å². The molecule has 1 fully saturated rings. The maximum Gasteiger partial charge on any atom is 0.247 e. The Morgan fingerprint density at radius 2 is 1.66 bits per heavy atom. The van der Waals surface area contributed by atoms with E-state index < -0.39 is 0 Å². The number of aromatic amines is 2. The summed E-state index contributed by atoms with van der Waals surface area (Å²) in [5.74, 6) is 1.70. The van der Waals surface area contributed by atoms with E-state index in [0.29, 0.717) is 5.82 Å². The fraction of sp³-hybridized carbons (Fsp3) is 0.190. The lowest BCUT2D eigenvalue weighted by Gasteiger charge is -2.40. The van der Waals surface area contributed by atoms with E-state index in [9.17, 15) is 4.79 Å². The molecule has 0 saturated heterocycles. The molecular formula is C21H19N7O. The quantitative estimate of drug-likeness (QED) is 0.496. The number of rotatable bonds is 4. The second-order valence-electron chi connectivity index (χ2n) is 7.29. The third kappa shape index (κ3) is 2.98. The molecule has 4 N–H and O–H groups in total. The van der Waals surface area contributed by atoms with Crippen molar-refractivity contribution < 1.29 is 0 Å². The summed E-state index contributed by atoms with van der Waals surface area (Å²) in [6, 6.07) is 11.6. The Morgan fingerprint density at radius 1 is 0.931 bits per heavy atom. The minimum absolute atomic E-state index is 0.147. The van der Waals surface area contributed by atoms with Crippen LogP contribution in [0, 0.1) is 0 Å². The molecule has 29 heavy (non-hydrogen) atoms. The van der Waals surface area contributed by atoms with Gasteiger partial charge >= 0.3 is 0 Å². The SMILES string of the molecule is Nc1ncc(-c2ccc(C3(c4nc(-c5ccc(=O)[nH]c5)n[nH]4)CCC3)cc2)cn1. The van der Waals surface area contributed by atoms with E-state index in [2.05, 4.69) is 49.4 Å². The van der Waals surface area contributed by atoms with Gasteiger partial charge in [-0.25, -0.2) is 15.0 Å². The van der Waals surface area contributed by atoms with Crippen LogP contribution in [0.4, 0.5) is 5.95 Å². The van der Waals surface area contributed by atoms with Gasteiger partial charge in [-0.05, 0) is 30.0 Å². The van der Waals surface area contributed by atoms with Crippen molar-refractivity contribution >= 4 is 5.95 Å². The van der Waals surface area contributed by atoms with Crippen molar-refractivity contribution in [1.29, 1.82) is 0 Å². The maximum absolute atomic E-state index is 11.3. The normalized spacial score (nSPS) is 15.0. The van der Waals surface area contributed by atoms with Gasteiger partial charge in [0.15, 0.2) is 5.82 Å². The summed E-state index contributed by atoms with van der Waals surface area (Å²) in [6.45, 7) is 0. The highest BCUT2D eigenvalue weighted by atomic mass is 16.1. The molecule has 5 rings (SSSR count). The fourth-order valence-electron chi connectivity index (χ4n) is 3.82. The highest BCUT2D eigenvalue weighted by molar-refractivity contribution is 5.63. The summed E-state index contributed by atoms with van der Waals surface area (Å²) in [6.07, 6.45) is 8.25. The van der Waals surface area contributed by atoms with Gasteiger partial charge in [0.1, 0.15) is 5.82 Å². The number of hydrogen-bond acceptors (Lipinski definition) is 6. The lowest BCUT2D eigenvalue weighted by Crippen LogP contribution is -2.36. The van der Waals surface area contributed by atoms with Crippen LogP contribution in [0.3, 0.4) is 0 Å². The molecule has 0 spiro atoms. The average molecular weight is 385 g/mol. The molecule has 1 saturated carbocycles. The molecule has 0 amide bonds. The van der Waals surface area contributed by atoms with Gasteiger partial charge in [-0.1, -0.05) is 30.7 Å². The number of aromatic nitrogens is 6. The Labute approximate surface area is 166 Å². The van der Waals surface area contributed by atoms with Gasteiger partial charge in [-0.3, -0.25) is 9.89 Å². The molecule has 3 aromatic heterocycles. The first kappa shape index (κ1) is 17.3. The molecule has 0 atom stereocenters. The van der Waals surface area contributed by atoms with Crippen molar-refractivity contribution in [3.8, 4) is 22.5 Å². The van der Waals surface area contributed by atoms with E-state index >= 15 is 0 Å². The predicted molar refractivity (Wildman–Crippen MR) is 109 cm³/mol. The van der Waals surface area contributed by atoms with Crippen molar-refractivity contribution in [1.82, 2.24) is 30.1 Å². The van der Waals surface area contributed by atoms with E-state index in [1.54, 1.807) is 24.7 Å². The van der Waals surface area contributed by atoms with Crippen LogP contribution in [0.15, 0.2) is 59.8 Å². The maximum atomic E-state index is 11.3. The van der Waals surface area contributed by atoms with Gasteiger partial charge in [-0.2, -0.15) is 5.10 Å². The van der Waals surface area contributed by atoms with Gasteiger partial charge < -0.3 is 10.7 Å². The van der Waals surface area contributed by atoms with Crippen LogP contribution in [0.1, 0.15) is 30.7 Å². The Hall–Kier alpha value is -3.81. The first-order valence-electron chi connectivity index (χ1n) is 9.44. The minimum Gasteiger partial charge on any atom is -0.368 e. The summed E-state index contributed by atoms with van der Waals surface area (Å²) in [5, 5.41) is 7.50. The summed E-state index contributed by atoms with van der Waals surface area (Å²) in [7, 11) is 0. The zero-order valence-electron chi connectivity index (χ0n) is 15.6. The lowest BCUT2D eigenvalue weighted by molar-refractivity contribution is 0.286. The highest BCUT2D eigenvalue weighted by Crippen LogP contribution is 2.48. The fourth-order valence-corrected chi connectivity index (χ4v) is 3.82. The largest absolute Gasteiger partial charge is 0.368 e. The van der Waals surface area contributed by atoms with Crippen molar-refractivity contribution in [2.75, 3.05) is 5.73 Å². The second kappa shape index (κ2) is 6.66. The predicted octanol–water partition coefficient (Wildman–Crippen LogP) is 2.67. The third-order valence-electron chi connectivity index (χ3n) is 5.63. The number of H-pyrrole nitrogens is 2. The number of nitrogen functional groups attached to an aromatic ring is 1. The summed E-state index contributed by atoms with van der Waals surface area (Å²) >= 11 is 0. The number of benzene rings is 1. The van der Waals surface area contributed by atoms with Gasteiger partial charge in [0.05, 0.1) is 5.41 Å². The average Bonchev–Trinajstić information content (AvgIpc) is 3.19. The smallest absolute Gasteiger partial charge is 0.247 e. The Balaban J connectivity index is 1.47. The number of nitrogens with one attached hydrogen (secondary N) is 2. The lowest BCUT2D eigenvalue weighted by atomic mass is 9.64. The number of anilines is 1. The third-order valence-corrected chi connectivity index (χ3v) is 5.63. The molecule has 8 heteroatoms. The molecule has 1 aliphatic carbocycles. The molecule has 8 nitrogen and oxygen atoms in total. The monoisotopic (exact) mass is 385 g/mol. The van der Waals surface area contributed by atoms with Crippen LogP contribution in [0.2, 0.25) is 0 Å². The minimum atomic E-state index is -0.163. The number of hydrogen-bond donors (Lipinski definition) is 3. The second-order valence-corrected chi connectivity index (χ2v) is 7.29. The van der Waals surface area contributed by atoms with Crippen molar-refractivity contribution in [3.05, 3.63) is 76.7 Å². The number of nitrogens with two attached hydrogens (primary N) is 1. The van der Waals surface area contributed by atoms with Crippen LogP contribution >= 0.6 is 0 Å². The molecule has 1 aliphatic rings. The molecular weight excluding hydrogens is 366 g/mol. The van der Waals surface area contributed by atoms with Crippen LogP contribution < -0.4 is 11.3 Å². The summed E-state index contributed by atoms with van der Waals surface area (Å²) in [4.78, 5) is 26.8. The highest BCUT2D eigenvalue weighted by Gasteiger charge is 2.43. The molecule has 0 unspecified atom stereocenters. The van der Waals surface area contributed by atoms with E-state index in [0.717, 1.165) is 41.8 Å². The summed E-state index contributed by atoms with van der Waals surface area (Å²) in [5.41, 5.74) is 9.20. The van der Waals surface area contributed by atoms with Gasteiger partial charge in [-0.15, -0.1) is 0 Å². The topological polar surface area (TPSA) is 126 Å². The van der Waals surface area contributed by atoms with Crippen molar-refractivity contribution in [2.45, 2.75) is 24.7 Å². The Morgan fingerprint density at radius 3 is 2.28 bits per heavy atom. The van der Waals surface area contributed by atoms with Gasteiger partial charge in [0, 0.05) is 35.8 Å². The van der Waals surface area contributed by atoms with E-state index in [1.807, 2.05) is 0 Å². The standard InChI is InChI=1S/C21H19N7O/c22-20-24-11-15(12-25-20)13-2-5-16(6-3-13)21(8-1-9-21)19-26-18(27-28-19)14-4-7-17(29)23-10-14/h2-7,10-12H,1,8-9H2,(H,23,29)(H2,22,24,25)(H,26,27,28). The molecule has 4 aromatic rings. The number of pyridine rings is 1. The molecule has 0 radical (unpaired) electrons. The first-order chi connectivity index (χ1) is 14.1. The van der Waals surface area contributed by atoms with E-state index in [-0.39, 0.29) is 16.9 Å². The summed E-state index contributed by atoms with van der Waals surface area (Å²) < 4.78 is 0. The molecule has 0 aliphatic heterocycles. The molecule has 144 valence electrons. The van der Waals surface area contributed by atoms with Gasteiger partial charge in [0.25, 0.3) is 0 Å². The zero-order valence-corrected chi connectivity index (χ0v) is 15.6. The molecule has 3 heterocycles. The first-order valence-corrected chi connectivity index (χ1v) is 9.44. The van der Waals surface area contributed by atoms with Crippen LogP contribution in [-0.4, -0.2) is 30.1 Å². The Bertz CT molecular complexity index is 1180. The van der Waals surface area contributed by atoms with Crippen LogP contribution in [0.25, 0.3) is 22.5 Å². The molecule has 0 bridgehead atoms. The Kier molecular flexibility index (Phi) is 3.97. The van der Waals surface area contributed by atoms with Gasteiger partial charge in [0.2, 0.25) is 11.5 Å². The number of nitrogens with zero attached hydrogens (tertiary/aromatic N) is 4. The van der Waals surface area contributed by atoms with Crippen molar-refractivity contribution in [2.24, 2.45) is 0 Å². The van der Waals surface area contributed by atoms with Crippen LogP contribution in [0.5, 0.6) is 0 Å². The van der Waals surface area contributed by atoms with Crippen LogP contribution in [-0.2, 0) is 5.41 Å². The van der Waals surface area contributed by atoms with E-state index in [4.69, 9.17) is 10.7 Å². The zero-order chi connectivity index (χ0) is 19.8.